The second-order valence-corrected chi connectivity index (χ2v) is 4.74. The summed E-state index contributed by atoms with van der Waals surface area (Å²) in [5.74, 6) is -0.627. The number of hydrogen-bond acceptors (Lipinski definition) is 2. The number of amides is 2. The number of carbonyl (C=O) groups is 2. The van der Waals surface area contributed by atoms with Crippen molar-refractivity contribution in [1.29, 1.82) is 0 Å². The molecular formula is C13H13FN2O2. The lowest BCUT2D eigenvalue weighted by Crippen LogP contribution is -2.38. The number of rotatable bonds is 1. The summed E-state index contributed by atoms with van der Waals surface area (Å²) in [4.78, 5) is 25.3. The molecule has 4 nitrogen and oxygen atoms in total. The lowest BCUT2D eigenvalue weighted by molar-refractivity contribution is -0.119. The number of likely N-dealkylation sites (tertiary alicyclic amines) is 1. The molecule has 94 valence electrons. The average molecular weight is 248 g/mol. The Kier molecular flexibility index (Phi) is 2.54. The maximum Gasteiger partial charge on any atom is 0.254 e. The van der Waals surface area contributed by atoms with Crippen molar-refractivity contribution in [3.05, 3.63) is 35.6 Å². The zero-order valence-electron chi connectivity index (χ0n) is 9.73. The second kappa shape index (κ2) is 4.08. The lowest BCUT2D eigenvalue weighted by Gasteiger charge is -2.22. The molecule has 0 spiro atoms. The summed E-state index contributed by atoms with van der Waals surface area (Å²) in [6.45, 7) is 0.616. The minimum absolute atomic E-state index is 0.0123. The maximum atomic E-state index is 13.1. The molecule has 2 fully saturated rings. The maximum absolute atomic E-state index is 13.1. The summed E-state index contributed by atoms with van der Waals surface area (Å²) in [5.41, 5.74) is 0.343. The SMILES string of the molecule is O=C1C[C@@H]2[C@H](CCN2C(=O)c2cccc(F)c2)N1. The normalized spacial score (nSPS) is 26.1. The third kappa shape index (κ3) is 1.75. The third-order valence-electron chi connectivity index (χ3n) is 3.62. The molecule has 0 aliphatic carbocycles. The fraction of sp³-hybridized carbons (Fsp3) is 0.385. The van der Waals surface area contributed by atoms with Gasteiger partial charge in [-0.2, -0.15) is 0 Å². The van der Waals surface area contributed by atoms with E-state index in [0.717, 1.165) is 6.42 Å². The number of benzene rings is 1. The van der Waals surface area contributed by atoms with Gasteiger partial charge < -0.3 is 10.2 Å². The molecule has 2 aliphatic rings. The Morgan fingerprint density at radius 1 is 1.44 bits per heavy atom. The van der Waals surface area contributed by atoms with E-state index in [-0.39, 0.29) is 23.9 Å². The Hall–Kier alpha value is -1.91. The van der Waals surface area contributed by atoms with E-state index in [1.165, 1.54) is 18.2 Å². The molecule has 2 heterocycles. The van der Waals surface area contributed by atoms with Gasteiger partial charge in [0, 0.05) is 18.5 Å². The molecule has 0 radical (unpaired) electrons. The van der Waals surface area contributed by atoms with Crippen LogP contribution in [0.15, 0.2) is 24.3 Å². The standard InChI is InChI=1S/C13H13FN2O2/c14-9-3-1-2-8(6-9)13(18)16-5-4-10-11(16)7-12(17)15-10/h1-3,6,10-11H,4-5,7H2,(H,15,17)/t10-,11+/m0/s1. The number of fused-ring (bicyclic) bond motifs is 1. The van der Waals surface area contributed by atoms with Gasteiger partial charge in [-0.25, -0.2) is 4.39 Å². The van der Waals surface area contributed by atoms with Crippen LogP contribution in [0, 0.1) is 5.82 Å². The lowest BCUT2D eigenvalue weighted by atomic mass is 10.1. The van der Waals surface area contributed by atoms with Gasteiger partial charge >= 0.3 is 0 Å². The fourth-order valence-corrected chi connectivity index (χ4v) is 2.77. The van der Waals surface area contributed by atoms with E-state index >= 15 is 0 Å². The smallest absolute Gasteiger partial charge is 0.254 e. The second-order valence-electron chi connectivity index (χ2n) is 4.74. The van der Waals surface area contributed by atoms with Gasteiger partial charge in [-0.3, -0.25) is 9.59 Å². The first-order valence-electron chi connectivity index (χ1n) is 6.01. The van der Waals surface area contributed by atoms with Crippen LogP contribution in [0.3, 0.4) is 0 Å². The van der Waals surface area contributed by atoms with Gasteiger partial charge in [0.2, 0.25) is 5.91 Å². The molecule has 0 unspecified atom stereocenters. The van der Waals surface area contributed by atoms with Crippen LogP contribution in [0.25, 0.3) is 0 Å². The molecular weight excluding hydrogens is 235 g/mol. The Balaban J connectivity index is 1.83. The molecule has 18 heavy (non-hydrogen) atoms. The molecule has 1 aromatic rings. The fourth-order valence-electron chi connectivity index (χ4n) is 2.77. The predicted octanol–water partition coefficient (Wildman–Crippen LogP) is 0.929. The Morgan fingerprint density at radius 3 is 3.06 bits per heavy atom. The van der Waals surface area contributed by atoms with Crippen molar-refractivity contribution in [2.75, 3.05) is 6.54 Å². The van der Waals surface area contributed by atoms with Crippen LogP contribution in [0.5, 0.6) is 0 Å². The van der Waals surface area contributed by atoms with Gasteiger partial charge in [0.1, 0.15) is 5.82 Å². The molecule has 3 rings (SSSR count). The first kappa shape index (κ1) is 11.2. The van der Waals surface area contributed by atoms with Gasteiger partial charge in [-0.05, 0) is 24.6 Å². The van der Waals surface area contributed by atoms with E-state index < -0.39 is 5.82 Å². The van der Waals surface area contributed by atoms with Crippen LogP contribution >= 0.6 is 0 Å². The van der Waals surface area contributed by atoms with Crippen molar-refractivity contribution in [1.82, 2.24) is 10.2 Å². The first-order valence-corrected chi connectivity index (χ1v) is 6.01. The van der Waals surface area contributed by atoms with Crippen molar-refractivity contribution in [2.45, 2.75) is 24.9 Å². The Bertz CT molecular complexity index is 517. The largest absolute Gasteiger partial charge is 0.351 e. The van der Waals surface area contributed by atoms with E-state index in [4.69, 9.17) is 0 Å². The number of carbonyl (C=O) groups excluding carboxylic acids is 2. The topological polar surface area (TPSA) is 49.4 Å². The highest BCUT2D eigenvalue weighted by Gasteiger charge is 2.43. The summed E-state index contributed by atoms with van der Waals surface area (Å²) < 4.78 is 13.1. The predicted molar refractivity (Wildman–Crippen MR) is 62.4 cm³/mol. The van der Waals surface area contributed by atoms with Crippen LogP contribution < -0.4 is 5.32 Å². The molecule has 2 amide bonds. The molecule has 2 aliphatic heterocycles. The van der Waals surface area contributed by atoms with Crippen molar-refractivity contribution >= 4 is 11.8 Å². The highest BCUT2D eigenvalue weighted by molar-refractivity contribution is 5.95. The summed E-state index contributed by atoms with van der Waals surface area (Å²) in [6.07, 6.45) is 1.13. The van der Waals surface area contributed by atoms with Crippen molar-refractivity contribution < 1.29 is 14.0 Å². The van der Waals surface area contributed by atoms with Gasteiger partial charge in [-0.15, -0.1) is 0 Å². The van der Waals surface area contributed by atoms with Gasteiger partial charge in [0.05, 0.1) is 12.1 Å². The molecule has 1 aromatic carbocycles. The number of nitrogens with one attached hydrogen (secondary N) is 1. The van der Waals surface area contributed by atoms with Crippen LogP contribution in [0.2, 0.25) is 0 Å². The molecule has 5 heteroatoms. The number of halogens is 1. The third-order valence-corrected chi connectivity index (χ3v) is 3.62. The molecule has 0 bridgehead atoms. The van der Waals surface area contributed by atoms with Gasteiger partial charge in [-0.1, -0.05) is 6.07 Å². The van der Waals surface area contributed by atoms with E-state index in [0.29, 0.717) is 18.5 Å². The molecule has 0 aromatic heterocycles. The number of hydrogen-bond donors (Lipinski definition) is 1. The first-order chi connectivity index (χ1) is 8.65. The Morgan fingerprint density at radius 2 is 2.28 bits per heavy atom. The minimum Gasteiger partial charge on any atom is -0.351 e. The summed E-state index contributed by atoms with van der Waals surface area (Å²) >= 11 is 0. The molecule has 0 saturated carbocycles. The molecule has 2 saturated heterocycles. The molecule has 2 atom stereocenters. The quantitative estimate of drug-likeness (QED) is 0.803. The average Bonchev–Trinajstić information content (AvgIpc) is 2.87. The minimum atomic E-state index is -0.419. The van der Waals surface area contributed by atoms with E-state index in [1.807, 2.05) is 0 Å². The van der Waals surface area contributed by atoms with E-state index in [2.05, 4.69) is 5.32 Å². The summed E-state index contributed by atoms with van der Waals surface area (Å²) in [5, 5.41) is 2.86. The highest BCUT2D eigenvalue weighted by atomic mass is 19.1. The number of nitrogens with zero attached hydrogens (tertiary/aromatic N) is 1. The van der Waals surface area contributed by atoms with Crippen LogP contribution in [0.1, 0.15) is 23.2 Å². The summed E-state index contributed by atoms with van der Waals surface area (Å²) in [7, 11) is 0. The summed E-state index contributed by atoms with van der Waals surface area (Å²) in [6, 6.07) is 5.66. The van der Waals surface area contributed by atoms with Gasteiger partial charge in [0.25, 0.3) is 5.91 Å². The monoisotopic (exact) mass is 248 g/mol. The zero-order chi connectivity index (χ0) is 12.7. The van der Waals surface area contributed by atoms with Crippen LogP contribution in [-0.4, -0.2) is 35.3 Å². The zero-order valence-corrected chi connectivity index (χ0v) is 9.73. The van der Waals surface area contributed by atoms with Gasteiger partial charge in [0.15, 0.2) is 0 Å². The molecule has 1 N–H and O–H groups in total. The van der Waals surface area contributed by atoms with E-state index in [9.17, 15) is 14.0 Å². The Labute approximate surface area is 104 Å². The van der Waals surface area contributed by atoms with Crippen molar-refractivity contribution in [2.24, 2.45) is 0 Å². The van der Waals surface area contributed by atoms with Crippen molar-refractivity contribution in [3.63, 3.8) is 0 Å². The van der Waals surface area contributed by atoms with E-state index in [1.54, 1.807) is 11.0 Å². The highest BCUT2D eigenvalue weighted by Crippen LogP contribution is 2.27. The van der Waals surface area contributed by atoms with Crippen LogP contribution in [0.4, 0.5) is 4.39 Å². The van der Waals surface area contributed by atoms with Crippen molar-refractivity contribution in [3.8, 4) is 0 Å². The van der Waals surface area contributed by atoms with Crippen LogP contribution in [-0.2, 0) is 4.79 Å².